The molecule has 1 amide bonds. The second kappa shape index (κ2) is 8.83. The molecule has 152 valence electrons. The first-order valence-corrected chi connectivity index (χ1v) is 9.69. The van der Waals surface area contributed by atoms with Crippen LogP contribution in [-0.2, 0) is 5.54 Å². The number of halogens is 4. The van der Waals surface area contributed by atoms with Crippen molar-refractivity contribution in [3.63, 3.8) is 0 Å². The Morgan fingerprint density at radius 3 is 2.83 bits per heavy atom. The molecule has 0 aliphatic carbocycles. The van der Waals surface area contributed by atoms with E-state index in [2.05, 4.69) is 20.3 Å². The van der Waals surface area contributed by atoms with Gasteiger partial charge in [0.2, 0.25) is 0 Å². The van der Waals surface area contributed by atoms with Gasteiger partial charge in [-0.2, -0.15) is 8.78 Å². The molecule has 0 unspecified atom stereocenters. The van der Waals surface area contributed by atoms with E-state index in [0.717, 1.165) is 6.20 Å². The number of nitrogens with zero attached hydrogens (tertiary/aromatic N) is 3. The van der Waals surface area contributed by atoms with Gasteiger partial charge in [0, 0.05) is 29.9 Å². The SMILES string of the molecule is NC1=N[C@](CF)(c2cc(NC(=O)c3ncc(C=C(F)F)cc3Cl)ccn2)CCS1. The average molecular weight is 442 g/mol. The summed E-state index contributed by atoms with van der Waals surface area (Å²) >= 11 is 7.33. The molecule has 0 radical (unpaired) electrons. The van der Waals surface area contributed by atoms with Gasteiger partial charge >= 0.3 is 0 Å². The van der Waals surface area contributed by atoms with Crippen molar-refractivity contribution in [2.45, 2.75) is 12.0 Å². The van der Waals surface area contributed by atoms with E-state index in [1.165, 1.54) is 36.2 Å². The number of hydrogen-bond donors (Lipinski definition) is 2. The molecule has 3 N–H and O–H groups in total. The molecular weight excluding hydrogens is 427 g/mol. The number of nitrogens with two attached hydrogens (primary N) is 1. The highest BCUT2D eigenvalue weighted by atomic mass is 35.5. The number of pyridine rings is 2. The third-order valence-corrected chi connectivity index (χ3v) is 5.24. The third-order valence-electron chi connectivity index (χ3n) is 4.16. The first-order chi connectivity index (χ1) is 13.8. The highest BCUT2D eigenvalue weighted by Crippen LogP contribution is 2.35. The number of amidine groups is 1. The summed E-state index contributed by atoms with van der Waals surface area (Å²) in [6.07, 6.45) is 1.61. The summed E-state index contributed by atoms with van der Waals surface area (Å²) in [5.41, 5.74) is 5.14. The van der Waals surface area contributed by atoms with Crippen LogP contribution in [0, 0.1) is 0 Å². The summed E-state index contributed by atoms with van der Waals surface area (Å²) in [7, 11) is 0. The van der Waals surface area contributed by atoms with Crippen LogP contribution < -0.4 is 11.1 Å². The van der Waals surface area contributed by atoms with Crippen molar-refractivity contribution in [2.75, 3.05) is 17.7 Å². The fourth-order valence-corrected chi connectivity index (χ4v) is 3.90. The van der Waals surface area contributed by atoms with Crippen molar-refractivity contribution in [3.8, 4) is 0 Å². The number of thioether (sulfide) groups is 1. The number of hydrogen-bond acceptors (Lipinski definition) is 6. The summed E-state index contributed by atoms with van der Waals surface area (Å²) in [4.78, 5) is 24.8. The van der Waals surface area contributed by atoms with Crippen LogP contribution in [0.1, 0.15) is 28.2 Å². The minimum Gasteiger partial charge on any atom is -0.379 e. The van der Waals surface area contributed by atoms with Crippen LogP contribution in [0.15, 0.2) is 41.7 Å². The number of nitrogens with one attached hydrogen (secondary N) is 1. The Morgan fingerprint density at radius 2 is 2.17 bits per heavy atom. The van der Waals surface area contributed by atoms with Gasteiger partial charge in [0.05, 0.1) is 10.7 Å². The molecule has 0 spiro atoms. The molecule has 0 saturated carbocycles. The molecule has 1 aliphatic rings. The van der Waals surface area contributed by atoms with Gasteiger partial charge < -0.3 is 11.1 Å². The highest BCUT2D eigenvalue weighted by Gasteiger charge is 2.36. The fraction of sp³-hybridized carbons (Fsp3) is 0.222. The van der Waals surface area contributed by atoms with Gasteiger partial charge in [-0.15, -0.1) is 0 Å². The Hall–Kier alpha value is -2.59. The second-order valence-electron chi connectivity index (χ2n) is 6.13. The maximum atomic E-state index is 13.8. The van der Waals surface area contributed by atoms with E-state index in [0.29, 0.717) is 29.6 Å². The minimum absolute atomic E-state index is 0.0632. The van der Waals surface area contributed by atoms with E-state index in [9.17, 15) is 18.0 Å². The van der Waals surface area contributed by atoms with E-state index in [1.54, 1.807) is 0 Å². The van der Waals surface area contributed by atoms with Crippen LogP contribution >= 0.6 is 23.4 Å². The molecule has 0 bridgehead atoms. The van der Waals surface area contributed by atoms with Gasteiger partial charge in [-0.3, -0.25) is 9.78 Å². The first kappa shape index (κ1) is 21.1. The summed E-state index contributed by atoms with van der Waals surface area (Å²) in [6.45, 7) is -0.786. The van der Waals surface area contributed by atoms with Crippen LogP contribution in [0.4, 0.5) is 18.9 Å². The van der Waals surface area contributed by atoms with Crippen LogP contribution in [-0.4, -0.2) is 33.5 Å². The maximum Gasteiger partial charge on any atom is 0.275 e. The number of amides is 1. The lowest BCUT2D eigenvalue weighted by Crippen LogP contribution is -2.34. The maximum absolute atomic E-state index is 13.8. The largest absolute Gasteiger partial charge is 0.379 e. The third kappa shape index (κ3) is 4.88. The number of carbonyl (C=O) groups excluding carboxylic acids is 1. The van der Waals surface area contributed by atoms with Crippen molar-refractivity contribution >= 4 is 46.2 Å². The monoisotopic (exact) mass is 441 g/mol. The molecule has 11 heteroatoms. The second-order valence-corrected chi connectivity index (χ2v) is 7.65. The van der Waals surface area contributed by atoms with Gasteiger partial charge in [-0.1, -0.05) is 23.4 Å². The molecule has 0 fully saturated rings. The molecule has 6 nitrogen and oxygen atoms in total. The Bertz CT molecular complexity index is 999. The zero-order chi connectivity index (χ0) is 21.0. The quantitative estimate of drug-likeness (QED) is 0.724. The zero-order valence-electron chi connectivity index (χ0n) is 14.8. The summed E-state index contributed by atoms with van der Waals surface area (Å²) in [6, 6.07) is 4.23. The lowest BCUT2D eigenvalue weighted by atomic mass is 9.93. The lowest BCUT2D eigenvalue weighted by Gasteiger charge is -2.30. The number of aromatic nitrogens is 2. The molecule has 0 aromatic carbocycles. The molecule has 0 saturated heterocycles. The topological polar surface area (TPSA) is 93.3 Å². The van der Waals surface area contributed by atoms with Crippen molar-refractivity contribution in [2.24, 2.45) is 10.7 Å². The van der Waals surface area contributed by atoms with Gasteiger partial charge in [0.25, 0.3) is 12.0 Å². The standard InChI is InChI=1S/C18H15ClF3N5OS/c19-12-5-10(6-14(21)22)8-25-15(12)16(28)26-11-1-3-24-13(7-11)18(9-20)2-4-29-17(23)27-18/h1,3,5-8H,2,4,9H2,(H2,23,27)(H,24,26,28)/t18-/m1/s1. The number of alkyl halides is 1. The summed E-state index contributed by atoms with van der Waals surface area (Å²) < 4.78 is 38.5. The van der Waals surface area contributed by atoms with E-state index in [-0.39, 0.29) is 21.4 Å². The Balaban J connectivity index is 1.84. The number of rotatable bonds is 5. The van der Waals surface area contributed by atoms with Crippen molar-refractivity contribution in [3.05, 3.63) is 58.6 Å². The van der Waals surface area contributed by atoms with E-state index in [4.69, 9.17) is 17.3 Å². The zero-order valence-corrected chi connectivity index (χ0v) is 16.4. The Labute approximate surface area is 173 Å². The lowest BCUT2D eigenvalue weighted by molar-refractivity contribution is 0.102. The molecule has 3 heterocycles. The van der Waals surface area contributed by atoms with Crippen molar-refractivity contribution in [1.29, 1.82) is 0 Å². The van der Waals surface area contributed by atoms with Gasteiger partial charge in [-0.05, 0) is 30.2 Å². The fourth-order valence-electron chi connectivity index (χ4n) is 2.75. The Morgan fingerprint density at radius 1 is 1.38 bits per heavy atom. The van der Waals surface area contributed by atoms with Crippen LogP contribution in [0.25, 0.3) is 6.08 Å². The molecule has 1 aliphatic heterocycles. The number of aliphatic imine (C=N–C) groups is 1. The minimum atomic E-state index is -1.91. The van der Waals surface area contributed by atoms with Crippen LogP contribution in [0.2, 0.25) is 5.02 Å². The van der Waals surface area contributed by atoms with Crippen molar-refractivity contribution < 1.29 is 18.0 Å². The summed E-state index contributed by atoms with van der Waals surface area (Å²) in [5.74, 6) is -0.0583. The predicted octanol–water partition coefficient (Wildman–Crippen LogP) is 4.24. The van der Waals surface area contributed by atoms with Crippen LogP contribution in [0.3, 0.4) is 0 Å². The predicted molar refractivity (Wildman–Crippen MR) is 108 cm³/mol. The molecule has 3 rings (SSSR count). The van der Waals surface area contributed by atoms with Crippen LogP contribution in [0.5, 0.6) is 0 Å². The smallest absolute Gasteiger partial charge is 0.275 e. The Kier molecular flexibility index (Phi) is 6.43. The normalized spacial score (nSPS) is 18.7. The number of anilines is 1. The number of carbonyl (C=O) groups is 1. The van der Waals surface area contributed by atoms with Crippen molar-refractivity contribution in [1.82, 2.24) is 9.97 Å². The van der Waals surface area contributed by atoms with Gasteiger partial charge in [0.15, 0.2) is 5.17 Å². The van der Waals surface area contributed by atoms with Gasteiger partial charge in [0.1, 0.15) is 17.9 Å². The first-order valence-electron chi connectivity index (χ1n) is 8.33. The average Bonchev–Trinajstić information content (AvgIpc) is 2.67. The molecule has 1 atom stereocenters. The summed E-state index contributed by atoms with van der Waals surface area (Å²) in [5, 5.41) is 2.78. The molecule has 2 aromatic heterocycles. The van der Waals surface area contributed by atoms with E-state index >= 15 is 0 Å². The molecular formula is C18H15ClF3N5OS. The molecule has 2 aromatic rings. The van der Waals surface area contributed by atoms with E-state index < -0.39 is 24.2 Å². The highest BCUT2D eigenvalue weighted by molar-refractivity contribution is 8.13. The van der Waals surface area contributed by atoms with Gasteiger partial charge in [-0.25, -0.2) is 14.4 Å². The molecule has 29 heavy (non-hydrogen) atoms. The van der Waals surface area contributed by atoms with E-state index in [1.807, 2.05) is 0 Å².